The molecule has 0 aliphatic heterocycles. The molecular formula is H3Al2BBa2O15Si5. The number of hydrogen-bond donors (Lipinski definition) is 0. The average Bonchev–Trinajstić information content (AvgIpc) is 1.94. The van der Waals surface area contributed by atoms with Gasteiger partial charge in [0.25, 0.3) is 0 Å². The van der Waals surface area contributed by atoms with Gasteiger partial charge in [-0.3, -0.25) is 0 Å². The summed E-state index contributed by atoms with van der Waals surface area (Å²) in [5, 5.41) is 0. The molecule has 0 fully saturated rings. The summed E-state index contributed by atoms with van der Waals surface area (Å²) in [7, 11) is -18.1. The third-order valence-corrected chi connectivity index (χ3v) is 0. The molecule has 0 radical (unpaired) electrons. The normalized spacial score (nSPS) is 4.80. The van der Waals surface area contributed by atoms with Gasteiger partial charge in [-0.2, -0.15) is 0 Å². The minimum Gasteiger partial charge on any atom is -0.672 e. The van der Waals surface area contributed by atoms with Crippen LogP contribution in [-0.2, 0) is 22.3 Å². The van der Waals surface area contributed by atoms with Gasteiger partial charge in [0, 0.05) is 45.9 Å². The second-order valence-corrected chi connectivity index (χ2v) is 3.75. The summed E-state index contributed by atoms with van der Waals surface area (Å²) >= 11 is 0. The molecule has 0 aromatic carbocycles. The van der Waals surface area contributed by atoms with E-state index in [1.807, 2.05) is 0 Å². The minimum atomic E-state index is -3.63. The predicted octanol–water partition coefficient (Wildman–Crippen LogP) is -17.1. The molecule has 0 aliphatic rings. The van der Waals surface area contributed by atoms with Crippen LogP contribution < -0.4 is 48.0 Å². The van der Waals surface area contributed by atoms with E-state index in [0.29, 0.717) is 0 Å². The van der Waals surface area contributed by atoms with Gasteiger partial charge in [0.1, 0.15) is 0 Å². The minimum absolute atomic E-state index is 0. The van der Waals surface area contributed by atoms with Gasteiger partial charge in [-0.05, 0) is 0 Å². The van der Waals surface area contributed by atoms with Gasteiger partial charge < -0.3 is 70.3 Å². The maximum atomic E-state index is 8.52. The van der Waals surface area contributed by atoms with Crippen molar-refractivity contribution in [2.45, 2.75) is 0 Å². The first-order valence-electron chi connectivity index (χ1n) is 3.06. The fraction of sp³-hybridized carbons (Fsp3) is 0. The van der Waals surface area contributed by atoms with E-state index in [-0.39, 0.29) is 141 Å². The Morgan fingerprint density at radius 1 is 0.360 bits per heavy atom. The van der Waals surface area contributed by atoms with Crippen molar-refractivity contribution in [1.29, 1.82) is 0 Å². The molecule has 0 amide bonds. The first-order valence-corrected chi connectivity index (χ1v) is 9.19. The molecule has 0 saturated heterocycles. The Bertz CT molecular complexity index is 227. The fourth-order valence-corrected chi connectivity index (χ4v) is 0. The van der Waals surface area contributed by atoms with Crippen LogP contribution in [-0.4, -0.2) is 187 Å². The molecule has 126 valence electrons. The summed E-state index contributed by atoms with van der Waals surface area (Å²) in [6.45, 7) is 0. The van der Waals surface area contributed by atoms with Gasteiger partial charge in [0.2, 0.25) is 0 Å². The Morgan fingerprint density at radius 3 is 0.360 bits per heavy atom. The van der Waals surface area contributed by atoms with Gasteiger partial charge in [0.05, 0.1) is 8.41 Å². The zero-order chi connectivity index (χ0) is 17.9. The van der Waals surface area contributed by atoms with Gasteiger partial charge in [-0.25, -0.2) is 0 Å². The van der Waals surface area contributed by atoms with Crippen molar-refractivity contribution in [3.05, 3.63) is 0 Å². The Morgan fingerprint density at radius 2 is 0.360 bits per heavy atom. The maximum absolute atomic E-state index is 8.52. The Balaban J connectivity index is -0.0000000134. The fourth-order valence-electron chi connectivity index (χ4n) is 0. The van der Waals surface area contributed by atoms with E-state index in [9.17, 15) is 0 Å². The van der Waals surface area contributed by atoms with E-state index in [0.717, 1.165) is 0 Å². The first-order chi connectivity index (χ1) is 8.66. The van der Waals surface area contributed by atoms with Crippen LogP contribution in [0.4, 0.5) is 0 Å². The zero-order valence-corrected chi connectivity index (χ0v) is 27.4. The third-order valence-electron chi connectivity index (χ3n) is 0. The number of rotatable bonds is 0. The van der Waals surface area contributed by atoms with Crippen LogP contribution in [0.3, 0.4) is 0 Å². The second kappa shape index (κ2) is 56.3. The van der Waals surface area contributed by atoms with Crippen molar-refractivity contribution in [2.24, 2.45) is 0 Å². The van der Waals surface area contributed by atoms with Crippen LogP contribution in [0, 0.1) is 0 Å². The molecule has 0 bridgehead atoms. The monoisotopic (exact) mass is 724 g/mol. The molecule has 0 spiro atoms. The van der Waals surface area contributed by atoms with Crippen molar-refractivity contribution in [1.82, 2.24) is 0 Å². The molecule has 0 saturated carbocycles. The molecule has 25 heteroatoms. The van der Waals surface area contributed by atoms with Crippen LogP contribution in [0.1, 0.15) is 0 Å². The van der Waals surface area contributed by atoms with Gasteiger partial charge in [-0.1, -0.05) is 0 Å². The standard InChI is InChI=1S/2Al.BH3.2Ba.5O3Si/c;;;;;5*1-4(2)3/h;;1H3;;;;;;;/q2*+3;;2*+2;5*-2. The summed E-state index contributed by atoms with van der Waals surface area (Å²) < 4.78 is 42.6. The van der Waals surface area contributed by atoms with Crippen LogP contribution in [0.5, 0.6) is 0 Å². The molecule has 25 heavy (non-hydrogen) atoms. The summed E-state index contributed by atoms with van der Waals surface area (Å²) in [6.07, 6.45) is 0. The smallest absolute Gasteiger partial charge is 0.672 e. The Kier molecular flexibility index (Phi) is 142. The molecule has 0 aromatic rings. The van der Waals surface area contributed by atoms with Crippen molar-refractivity contribution in [3.8, 4) is 0 Å². The van der Waals surface area contributed by atoms with E-state index in [1.165, 1.54) is 0 Å². The summed E-state index contributed by atoms with van der Waals surface area (Å²) in [4.78, 5) is 85.2. The van der Waals surface area contributed by atoms with Crippen molar-refractivity contribution in [3.63, 3.8) is 0 Å². The second-order valence-electron chi connectivity index (χ2n) is 1.25. The largest absolute Gasteiger partial charge is 3.00 e. The third kappa shape index (κ3) is 2810. The van der Waals surface area contributed by atoms with Crippen molar-refractivity contribution >= 4 is 187 Å². The molecule has 0 atom stereocenters. The molecule has 0 rings (SSSR count). The number of hydrogen-bond acceptors (Lipinski definition) is 15. The molecular weight excluding hydrogens is 720 g/mol. The van der Waals surface area contributed by atoms with E-state index >= 15 is 0 Å². The zero-order valence-electron chi connectivity index (χ0n) is 11.2. The van der Waals surface area contributed by atoms with Gasteiger partial charge in [0.15, 0.2) is 0 Å². The maximum Gasteiger partial charge on any atom is 3.00 e. The summed E-state index contributed by atoms with van der Waals surface area (Å²) in [5.41, 5.74) is 0. The predicted molar refractivity (Wildman–Crippen MR) is 65.2 cm³/mol. The van der Waals surface area contributed by atoms with Crippen LogP contribution in [0.15, 0.2) is 0 Å². The van der Waals surface area contributed by atoms with E-state index in [4.69, 9.17) is 70.3 Å². The summed E-state index contributed by atoms with van der Waals surface area (Å²) in [5.74, 6) is 0. The van der Waals surface area contributed by atoms with Gasteiger partial charge in [-0.15, -0.1) is 0 Å². The Labute approximate surface area is 252 Å². The van der Waals surface area contributed by atoms with E-state index in [1.54, 1.807) is 0 Å². The van der Waals surface area contributed by atoms with Crippen molar-refractivity contribution < 1.29 is 70.3 Å². The Hall–Kier alpha value is 2.36. The van der Waals surface area contributed by atoms with E-state index in [2.05, 4.69) is 0 Å². The molecule has 15 nitrogen and oxygen atoms in total. The molecule has 0 unspecified atom stereocenters. The molecule has 0 aromatic heterocycles. The quantitative estimate of drug-likeness (QED) is 0.210. The van der Waals surface area contributed by atoms with Crippen molar-refractivity contribution in [2.75, 3.05) is 0 Å². The topological polar surface area (TPSA) is 316 Å². The first kappa shape index (κ1) is 63.1. The van der Waals surface area contributed by atoms with Crippen LogP contribution >= 0.6 is 0 Å². The molecule has 0 N–H and O–H groups in total. The SMILES string of the molecule is B.O=[Si]([O-])[O-].O=[Si]([O-])[O-].O=[Si]([O-])[O-].O=[Si]([O-])[O-].O=[Si]([O-])[O-].[Al+3].[Al+3].[Ba+2].[Ba+2]. The average molecular weight is 723 g/mol. The van der Waals surface area contributed by atoms with Crippen LogP contribution in [0.2, 0.25) is 0 Å². The molecule has 0 aliphatic carbocycles. The van der Waals surface area contributed by atoms with Crippen LogP contribution in [0.25, 0.3) is 0 Å². The molecule has 0 heterocycles. The summed E-state index contributed by atoms with van der Waals surface area (Å²) in [6, 6.07) is 0. The van der Waals surface area contributed by atoms with Gasteiger partial charge >= 0.3 is 132 Å². The van der Waals surface area contributed by atoms with E-state index < -0.39 is 45.9 Å².